The molecule has 0 aromatic carbocycles. The zero-order chi connectivity index (χ0) is 15.6. The Hall–Kier alpha value is -1.56. The summed E-state index contributed by atoms with van der Waals surface area (Å²) in [5.41, 5.74) is 0.446. The summed E-state index contributed by atoms with van der Waals surface area (Å²) < 4.78 is 5.40. The normalized spacial score (nSPS) is 18.7. The lowest BCUT2D eigenvalue weighted by Gasteiger charge is -2.28. The van der Waals surface area contributed by atoms with Crippen LogP contribution in [0.25, 0.3) is 0 Å². The van der Waals surface area contributed by atoms with Crippen LogP contribution in [0.1, 0.15) is 27.2 Å². The summed E-state index contributed by atoms with van der Waals surface area (Å²) in [4.78, 5) is 15.9. The first-order valence-corrected chi connectivity index (χ1v) is 7.33. The minimum atomic E-state index is -0.480. The largest absolute Gasteiger partial charge is 0.444 e. The van der Waals surface area contributed by atoms with Crippen molar-refractivity contribution in [2.45, 2.75) is 38.8 Å². The van der Waals surface area contributed by atoms with E-state index in [1.165, 1.54) is 0 Å². The molecule has 1 amide bonds. The van der Waals surface area contributed by atoms with Crippen LogP contribution in [0.4, 0.5) is 10.5 Å². The maximum atomic E-state index is 12.1. The van der Waals surface area contributed by atoms with Gasteiger partial charge in [0.1, 0.15) is 5.60 Å². The highest BCUT2D eigenvalue weighted by Crippen LogP contribution is 2.24. The molecule has 1 aromatic heterocycles. The van der Waals surface area contributed by atoms with Crippen molar-refractivity contribution in [3.63, 3.8) is 0 Å². The van der Waals surface area contributed by atoms with E-state index in [9.17, 15) is 4.79 Å². The van der Waals surface area contributed by atoms with Crippen LogP contribution in [0.3, 0.4) is 0 Å². The number of carbonyl (C=O) groups excluding carboxylic acids is 1. The zero-order valence-corrected chi connectivity index (χ0v) is 13.6. The molecule has 1 aliphatic rings. The molecule has 6 nitrogen and oxygen atoms in total. The molecule has 0 saturated carbocycles. The van der Waals surface area contributed by atoms with E-state index in [1.54, 1.807) is 24.2 Å². The van der Waals surface area contributed by atoms with Crippen molar-refractivity contribution in [1.29, 1.82) is 0 Å². The van der Waals surface area contributed by atoms with E-state index < -0.39 is 5.60 Å². The third-order valence-corrected chi connectivity index (χ3v) is 3.55. The number of rotatable bonds is 2. The monoisotopic (exact) mass is 312 g/mol. The third-order valence-electron chi connectivity index (χ3n) is 3.37. The van der Waals surface area contributed by atoms with Crippen molar-refractivity contribution < 1.29 is 9.53 Å². The van der Waals surface area contributed by atoms with Gasteiger partial charge in [-0.1, -0.05) is 11.6 Å². The Balaban J connectivity index is 1.97. The van der Waals surface area contributed by atoms with E-state index in [1.807, 2.05) is 20.8 Å². The number of ether oxygens (including phenoxy) is 1. The molecule has 7 heteroatoms. The number of anilines is 1. The fourth-order valence-corrected chi connectivity index (χ4v) is 2.44. The molecule has 21 heavy (non-hydrogen) atoms. The fourth-order valence-electron chi connectivity index (χ4n) is 2.28. The molecular formula is C14H21ClN4O2. The first-order chi connectivity index (χ1) is 9.76. The van der Waals surface area contributed by atoms with Crippen molar-refractivity contribution in [2.75, 3.05) is 25.0 Å². The summed E-state index contributed by atoms with van der Waals surface area (Å²) in [5, 5.41) is 7.96. The first kappa shape index (κ1) is 15.8. The van der Waals surface area contributed by atoms with E-state index >= 15 is 0 Å². The predicted molar refractivity (Wildman–Crippen MR) is 81.7 cm³/mol. The number of halogens is 1. The highest BCUT2D eigenvalue weighted by Gasteiger charge is 2.31. The molecule has 2 heterocycles. The Morgan fingerprint density at radius 1 is 1.52 bits per heavy atom. The summed E-state index contributed by atoms with van der Waals surface area (Å²) in [7, 11) is 1.78. The van der Waals surface area contributed by atoms with E-state index in [2.05, 4.69) is 15.1 Å². The molecule has 0 unspecified atom stereocenters. The van der Waals surface area contributed by atoms with Crippen LogP contribution >= 0.6 is 11.6 Å². The summed E-state index contributed by atoms with van der Waals surface area (Å²) >= 11 is 5.86. The summed E-state index contributed by atoms with van der Waals surface area (Å²) in [6, 6.07) is 1.90. The van der Waals surface area contributed by atoms with Gasteiger partial charge in [0.25, 0.3) is 0 Å². The van der Waals surface area contributed by atoms with E-state index in [0.29, 0.717) is 5.15 Å². The van der Waals surface area contributed by atoms with E-state index in [-0.39, 0.29) is 12.1 Å². The Kier molecular flexibility index (Phi) is 4.56. The molecule has 1 fully saturated rings. The van der Waals surface area contributed by atoms with E-state index in [4.69, 9.17) is 16.3 Å². The van der Waals surface area contributed by atoms with Gasteiger partial charge in [0, 0.05) is 26.2 Å². The number of amides is 1. The van der Waals surface area contributed by atoms with Gasteiger partial charge in [0.2, 0.25) is 0 Å². The quantitative estimate of drug-likeness (QED) is 0.840. The van der Waals surface area contributed by atoms with Crippen molar-refractivity contribution >= 4 is 23.4 Å². The summed E-state index contributed by atoms with van der Waals surface area (Å²) in [6.45, 7) is 7.18. The van der Waals surface area contributed by atoms with Crippen LogP contribution < -0.4 is 4.90 Å². The van der Waals surface area contributed by atoms with Crippen LogP contribution in [0, 0.1) is 0 Å². The van der Waals surface area contributed by atoms with Crippen LogP contribution in [0.15, 0.2) is 12.3 Å². The van der Waals surface area contributed by atoms with Gasteiger partial charge in [-0.2, -0.15) is 5.10 Å². The predicted octanol–water partition coefficient (Wildman–Crippen LogP) is 2.58. The molecule has 0 radical (unpaired) electrons. The van der Waals surface area contributed by atoms with Gasteiger partial charge in [0.15, 0.2) is 5.15 Å². The van der Waals surface area contributed by atoms with Gasteiger partial charge in [0.05, 0.1) is 17.9 Å². The second kappa shape index (κ2) is 6.05. The van der Waals surface area contributed by atoms with Crippen LogP contribution in [-0.2, 0) is 4.74 Å². The molecule has 1 aromatic rings. The highest BCUT2D eigenvalue weighted by atomic mass is 35.5. The highest BCUT2D eigenvalue weighted by molar-refractivity contribution is 6.29. The standard InChI is InChI=1S/C14H21ClN4O2/c1-14(2,3)21-13(20)18(4)10-5-6-19(9-10)11-7-12(15)17-16-8-11/h7-8,10H,5-6,9H2,1-4H3/t10-/m1/s1. The summed E-state index contributed by atoms with van der Waals surface area (Å²) in [6.07, 6.45) is 2.28. The molecule has 1 aliphatic heterocycles. The first-order valence-electron chi connectivity index (χ1n) is 6.95. The molecule has 1 saturated heterocycles. The minimum Gasteiger partial charge on any atom is -0.444 e. The van der Waals surface area contributed by atoms with Gasteiger partial charge in [-0.25, -0.2) is 4.79 Å². The molecule has 0 spiro atoms. The molecule has 0 aliphatic carbocycles. The van der Waals surface area contributed by atoms with Gasteiger partial charge in [-0.15, -0.1) is 5.10 Å². The Labute approximate surface area is 130 Å². The number of carbonyl (C=O) groups is 1. The maximum absolute atomic E-state index is 12.1. The van der Waals surface area contributed by atoms with Crippen molar-refractivity contribution in [1.82, 2.24) is 15.1 Å². The molecular weight excluding hydrogens is 292 g/mol. The second-order valence-electron chi connectivity index (χ2n) is 6.22. The van der Waals surface area contributed by atoms with E-state index in [0.717, 1.165) is 25.2 Å². The average molecular weight is 313 g/mol. The van der Waals surface area contributed by atoms with Gasteiger partial charge < -0.3 is 14.5 Å². The average Bonchev–Trinajstić information content (AvgIpc) is 2.85. The lowest BCUT2D eigenvalue weighted by molar-refractivity contribution is 0.0238. The lowest BCUT2D eigenvalue weighted by atomic mass is 10.2. The van der Waals surface area contributed by atoms with Crippen LogP contribution in [0.2, 0.25) is 5.15 Å². The van der Waals surface area contributed by atoms with Crippen LogP contribution in [-0.4, -0.2) is 53.0 Å². The molecule has 0 N–H and O–H groups in total. The molecule has 1 atom stereocenters. The Morgan fingerprint density at radius 2 is 2.24 bits per heavy atom. The number of likely N-dealkylation sites (N-methyl/N-ethyl adjacent to an activating group) is 1. The zero-order valence-electron chi connectivity index (χ0n) is 12.8. The number of nitrogens with zero attached hydrogens (tertiary/aromatic N) is 4. The number of hydrogen-bond donors (Lipinski definition) is 0. The molecule has 116 valence electrons. The smallest absolute Gasteiger partial charge is 0.410 e. The van der Waals surface area contributed by atoms with Gasteiger partial charge in [-0.3, -0.25) is 0 Å². The van der Waals surface area contributed by atoms with Crippen molar-refractivity contribution in [2.24, 2.45) is 0 Å². The molecule has 2 rings (SSSR count). The minimum absolute atomic E-state index is 0.117. The topological polar surface area (TPSA) is 58.6 Å². The summed E-state index contributed by atoms with van der Waals surface area (Å²) in [5.74, 6) is 0. The van der Waals surface area contributed by atoms with Crippen LogP contribution in [0.5, 0.6) is 0 Å². The Morgan fingerprint density at radius 3 is 2.86 bits per heavy atom. The Bertz CT molecular complexity index is 518. The number of hydrogen-bond acceptors (Lipinski definition) is 5. The molecule has 0 bridgehead atoms. The number of aromatic nitrogens is 2. The second-order valence-corrected chi connectivity index (χ2v) is 6.60. The fraction of sp³-hybridized carbons (Fsp3) is 0.643. The van der Waals surface area contributed by atoms with Crippen molar-refractivity contribution in [3.8, 4) is 0 Å². The van der Waals surface area contributed by atoms with Crippen molar-refractivity contribution in [3.05, 3.63) is 17.4 Å². The SMILES string of the molecule is CN(C(=O)OC(C)(C)C)[C@@H]1CCN(c2cnnc(Cl)c2)C1. The lowest BCUT2D eigenvalue weighted by Crippen LogP contribution is -2.42. The maximum Gasteiger partial charge on any atom is 0.410 e. The third kappa shape index (κ3) is 4.20. The van der Waals surface area contributed by atoms with Gasteiger partial charge >= 0.3 is 6.09 Å². The van der Waals surface area contributed by atoms with Gasteiger partial charge in [-0.05, 0) is 27.2 Å².